The van der Waals surface area contributed by atoms with E-state index in [1.165, 1.54) is 0 Å². The van der Waals surface area contributed by atoms with E-state index in [0.717, 1.165) is 5.56 Å². The summed E-state index contributed by atoms with van der Waals surface area (Å²) in [7, 11) is 0. The molecule has 2 aromatic carbocycles. The molecule has 0 aromatic heterocycles. The zero-order valence-corrected chi connectivity index (χ0v) is 17.2. The Morgan fingerprint density at radius 2 is 1.63 bits per heavy atom. The lowest BCUT2D eigenvalue weighted by Gasteiger charge is -2.33. The molecule has 0 unspecified atom stereocenters. The number of hydrogen-bond donors (Lipinski definition) is 1. The molecule has 8 heteroatoms. The molecule has 0 fully saturated rings. The van der Waals surface area contributed by atoms with Gasteiger partial charge in [-0.05, 0) is 35.2 Å². The quantitative estimate of drug-likeness (QED) is 0.633. The lowest BCUT2D eigenvalue weighted by atomic mass is 9.87. The molecule has 1 atom stereocenters. The van der Waals surface area contributed by atoms with Gasteiger partial charge in [-0.3, -0.25) is 0 Å². The Morgan fingerprint density at radius 3 is 2.22 bits per heavy atom. The summed E-state index contributed by atoms with van der Waals surface area (Å²) in [6.45, 7) is 6.17. The largest absolute Gasteiger partial charge is 0.428 e. The van der Waals surface area contributed by atoms with E-state index in [9.17, 15) is 4.79 Å². The maximum atomic E-state index is 12.3. The Balaban J connectivity index is 1.86. The zero-order chi connectivity index (χ0) is 19.9. The third kappa shape index (κ3) is 4.21. The van der Waals surface area contributed by atoms with E-state index < -0.39 is 15.8 Å². The Bertz CT molecular complexity index is 846. The van der Waals surface area contributed by atoms with E-state index in [2.05, 4.69) is 26.1 Å². The van der Waals surface area contributed by atoms with Gasteiger partial charge in [-0.25, -0.2) is 10.1 Å². The Kier molecular flexibility index (Phi) is 5.14. The van der Waals surface area contributed by atoms with Gasteiger partial charge in [0.1, 0.15) is 5.75 Å². The van der Waals surface area contributed by atoms with Crippen molar-refractivity contribution < 1.29 is 19.0 Å². The van der Waals surface area contributed by atoms with E-state index in [0.29, 0.717) is 17.2 Å². The first-order valence-corrected chi connectivity index (χ1v) is 9.28. The Hall–Kier alpha value is -1.82. The molecule has 0 radical (unpaired) electrons. The van der Waals surface area contributed by atoms with Gasteiger partial charge in [0, 0.05) is 0 Å². The SMILES string of the molecule is CC(C)(C)c1ccc2c(c1)O[C@@](NC(=O)Oc1ccccc1)(C(Cl)(Cl)Cl)O2. The molecule has 27 heavy (non-hydrogen) atoms. The number of ether oxygens (including phenoxy) is 3. The first-order chi connectivity index (χ1) is 12.5. The maximum absolute atomic E-state index is 12.3. The Labute approximate surface area is 172 Å². The molecule has 1 heterocycles. The molecule has 2 aromatic rings. The molecule has 0 bridgehead atoms. The molecule has 144 valence electrons. The summed E-state index contributed by atoms with van der Waals surface area (Å²) in [4.78, 5) is 12.3. The van der Waals surface area contributed by atoms with Crippen molar-refractivity contribution in [1.82, 2.24) is 5.32 Å². The third-order valence-corrected chi connectivity index (χ3v) is 4.66. The van der Waals surface area contributed by atoms with Crippen LogP contribution in [-0.4, -0.2) is 15.8 Å². The van der Waals surface area contributed by atoms with Crippen LogP contribution in [0.2, 0.25) is 0 Å². The zero-order valence-electron chi connectivity index (χ0n) is 14.9. The molecular weight excluding hydrogens is 413 g/mol. The molecule has 0 aliphatic carbocycles. The number of carbonyl (C=O) groups is 1. The summed E-state index contributed by atoms with van der Waals surface area (Å²) in [6.07, 6.45) is -0.892. The second kappa shape index (κ2) is 6.97. The van der Waals surface area contributed by atoms with Crippen LogP contribution in [0, 0.1) is 0 Å². The molecule has 5 nitrogen and oxygen atoms in total. The number of fused-ring (bicyclic) bond motifs is 1. The summed E-state index contributed by atoms with van der Waals surface area (Å²) in [5.74, 6) is -1.05. The van der Waals surface area contributed by atoms with Gasteiger partial charge in [-0.2, -0.15) is 0 Å². The molecule has 1 amide bonds. The number of halogens is 3. The molecule has 1 aliphatic rings. The summed E-state index contributed by atoms with van der Waals surface area (Å²) < 4.78 is 14.5. The lowest BCUT2D eigenvalue weighted by Crippen LogP contribution is -2.64. The van der Waals surface area contributed by atoms with E-state index in [1.807, 2.05) is 6.07 Å². The van der Waals surface area contributed by atoms with Crippen LogP contribution in [0.5, 0.6) is 17.2 Å². The monoisotopic (exact) mass is 429 g/mol. The van der Waals surface area contributed by atoms with E-state index in [4.69, 9.17) is 49.0 Å². The minimum atomic E-state index is -2.14. The molecule has 0 saturated carbocycles. The van der Waals surface area contributed by atoms with Gasteiger partial charge in [-0.15, -0.1) is 0 Å². The first kappa shape index (κ1) is 19.9. The number of alkyl halides is 3. The van der Waals surface area contributed by atoms with Crippen LogP contribution in [0.1, 0.15) is 26.3 Å². The second-order valence-electron chi connectivity index (χ2n) is 7.06. The van der Waals surface area contributed by atoms with Gasteiger partial charge >= 0.3 is 12.0 Å². The lowest BCUT2D eigenvalue weighted by molar-refractivity contribution is -0.0964. The topological polar surface area (TPSA) is 56.8 Å². The van der Waals surface area contributed by atoms with Crippen molar-refractivity contribution in [3.05, 3.63) is 54.1 Å². The molecule has 1 N–H and O–H groups in total. The van der Waals surface area contributed by atoms with Crippen LogP contribution < -0.4 is 19.5 Å². The van der Waals surface area contributed by atoms with Gasteiger partial charge in [0.15, 0.2) is 11.5 Å². The van der Waals surface area contributed by atoms with Crippen LogP contribution in [0.3, 0.4) is 0 Å². The number of amides is 1. The highest BCUT2D eigenvalue weighted by Crippen LogP contribution is 2.49. The summed E-state index contributed by atoms with van der Waals surface area (Å²) in [5.41, 5.74) is 0.875. The number of benzene rings is 2. The molecule has 0 spiro atoms. The number of para-hydroxylation sites is 1. The van der Waals surface area contributed by atoms with Crippen molar-refractivity contribution in [3.63, 3.8) is 0 Å². The molecule has 3 rings (SSSR count). The third-order valence-electron chi connectivity index (χ3n) is 3.91. The van der Waals surface area contributed by atoms with Crippen LogP contribution in [-0.2, 0) is 5.41 Å². The number of rotatable bonds is 2. The first-order valence-electron chi connectivity index (χ1n) is 8.14. The highest BCUT2D eigenvalue weighted by Gasteiger charge is 2.60. The van der Waals surface area contributed by atoms with E-state index in [-0.39, 0.29) is 5.41 Å². The van der Waals surface area contributed by atoms with Gasteiger partial charge < -0.3 is 14.2 Å². The van der Waals surface area contributed by atoms with Crippen molar-refractivity contribution in [2.45, 2.75) is 35.9 Å². The van der Waals surface area contributed by atoms with E-state index >= 15 is 0 Å². The van der Waals surface area contributed by atoms with E-state index in [1.54, 1.807) is 42.5 Å². The summed E-state index contributed by atoms with van der Waals surface area (Å²) in [6, 6.07) is 13.8. The normalized spacial score (nSPS) is 18.9. The summed E-state index contributed by atoms with van der Waals surface area (Å²) in [5, 5.41) is 2.38. The highest BCUT2D eigenvalue weighted by molar-refractivity contribution is 6.68. The van der Waals surface area contributed by atoms with Gasteiger partial charge in [-0.1, -0.05) is 79.8 Å². The Morgan fingerprint density at radius 1 is 1.00 bits per heavy atom. The van der Waals surface area contributed by atoms with Crippen molar-refractivity contribution in [2.75, 3.05) is 0 Å². The van der Waals surface area contributed by atoms with Gasteiger partial charge in [0.05, 0.1) is 0 Å². The fraction of sp³-hybridized carbons (Fsp3) is 0.316. The number of nitrogens with one attached hydrogen (secondary N) is 1. The second-order valence-corrected chi connectivity index (χ2v) is 9.34. The molecular formula is C19H18Cl3NO4. The fourth-order valence-electron chi connectivity index (χ4n) is 2.46. The van der Waals surface area contributed by atoms with Crippen molar-refractivity contribution in [2.24, 2.45) is 0 Å². The van der Waals surface area contributed by atoms with Crippen molar-refractivity contribution >= 4 is 40.9 Å². The minimum absolute atomic E-state index is 0.122. The average Bonchev–Trinajstić information content (AvgIpc) is 2.93. The van der Waals surface area contributed by atoms with Gasteiger partial charge in [0.25, 0.3) is 3.79 Å². The molecule has 1 aliphatic heterocycles. The predicted molar refractivity (Wildman–Crippen MR) is 105 cm³/mol. The standard InChI is InChI=1S/C19H18Cl3NO4/c1-17(2,3)12-9-10-14-15(11-12)27-19(26-14,18(20,21)22)23-16(24)25-13-7-5-4-6-8-13/h4-11H,1-3H3,(H,23,24)/t19-/m1/s1. The predicted octanol–water partition coefficient (Wildman–Crippen LogP) is 5.57. The molecule has 0 saturated heterocycles. The van der Waals surface area contributed by atoms with Crippen molar-refractivity contribution in [1.29, 1.82) is 0 Å². The van der Waals surface area contributed by atoms with Crippen LogP contribution >= 0.6 is 34.8 Å². The van der Waals surface area contributed by atoms with Gasteiger partial charge in [0.2, 0.25) is 0 Å². The smallest absolute Gasteiger partial charge is 0.418 e. The minimum Gasteiger partial charge on any atom is -0.428 e. The fourth-order valence-corrected chi connectivity index (χ4v) is 2.84. The van der Waals surface area contributed by atoms with Crippen LogP contribution in [0.15, 0.2) is 48.5 Å². The maximum Gasteiger partial charge on any atom is 0.418 e. The average molecular weight is 431 g/mol. The summed E-state index contributed by atoms with van der Waals surface area (Å²) >= 11 is 18.2. The number of carbonyl (C=O) groups excluding carboxylic acids is 1. The number of hydrogen-bond acceptors (Lipinski definition) is 4. The van der Waals surface area contributed by atoms with Crippen LogP contribution in [0.4, 0.5) is 4.79 Å². The van der Waals surface area contributed by atoms with Crippen LogP contribution in [0.25, 0.3) is 0 Å². The highest BCUT2D eigenvalue weighted by atomic mass is 35.6. The van der Waals surface area contributed by atoms with Crippen molar-refractivity contribution in [3.8, 4) is 17.2 Å².